The second-order valence-corrected chi connectivity index (χ2v) is 11.4. The highest BCUT2D eigenvalue weighted by atomic mass is 19.1. The third-order valence-corrected chi connectivity index (χ3v) is 7.43. The summed E-state index contributed by atoms with van der Waals surface area (Å²) in [5.41, 5.74) is 1.33. The van der Waals surface area contributed by atoms with E-state index >= 15 is 0 Å². The van der Waals surface area contributed by atoms with Gasteiger partial charge < -0.3 is 26.6 Å². The molecule has 0 spiro atoms. The minimum absolute atomic E-state index is 0.00484. The Morgan fingerprint density at radius 2 is 1.37 bits per heavy atom. The number of carbonyl (C=O) groups is 4. The van der Waals surface area contributed by atoms with E-state index in [1.54, 1.807) is 25.1 Å². The van der Waals surface area contributed by atoms with Gasteiger partial charge in [-0.25, -0.2) is 8.78 Å². The summed E-state index contributed by atoms with van der Waals surface area (Å²) >= 11 is 0. The molecule has 0 aliphatic heterocycles. The van der Waals surface area contributed by atoms with Gasteiger partial charge in [0.05, 0.1) is 6.04 Å². The van der Waals surface area contributed by atoms with E-state index in [2.05, 4.69) is 26.6 Å². The summed E-state index contributed by atoms with van der Waals surface area (Å²) < 4.78 is 27.8. The Hall–Kier alpha value is -4.64. The molecular formula is C35H43F2N5O4. The minimum atomic E-state index is -0.679. The molecule has 246 valence electrons. The van der Waals surface area contributed by atoms with E-state index in [1.807, 2.05) is 51.1 Å². The Morgan fingerprint density at radius 3 is 2.00 bits per heavy atom. The van der Waals surface area contributed by atoms with Gasteiger partial charge >= 0.3 is 0 Å². The third kappa shape index (κ3) is 10.8. The highest BCUT2D eigenvalue weighted by Crippen LogP contribution is 2.13. The molecule has 4 amide bonds. The zero-order valence-electron chi connectivity index (χ0n) is 26.7. The van der Waals surface area contributed by atoms with Gasteiger partial charge in [-0.3, -0.25) is 19.2 Å². The van der Waals surface area contributed by atoms with Crippen LogP contribution in [-0.2, 0) is 22.4 Å². The van der Waals surface area contributed by atoms with Crippen LogP contribution in [0.4, 0.5) is 8.78 Å². The Labute approximate surface area is 268 Å². The number of halogens is 2. The highest BCUT2D eigenvalue weighted by Gasteiger charge is 2.26. The highest BCUT2D eigenvalue weighted by molar-refractivity contribution is 5.99. The van der Waals surface area contributed by atoms with Gasteiger partial charge in [-0.05, 0) is 68.5 Å². The van der Waals surface area contributed by atoms with Gasteiger partial charge in [-0.2, -0.15) is 0 Å². The molecule has 0 aliphatic carbocycles. The predicted octanol–water partition coefficient (Wildman–Crippen LogP) is 3.53. The summed E-state index contributed by atoms with van der Waals surface area (Å²) in [7, 11) is 0. The minimum Gasteiger partial charge on any atom is -0.355 e. The van der Waals surface area contributed by atoms with Crippen molar-refractivity contribution >= 4 is 23.6 Å². The van der Waals surface area contributed by atoms with E-state index in [1.165, 1.54) is 12.1 Å². The average molecular weight is 636 g/mol. The first kappa shape index (κ1) is 35.8. The van der Waals surface area contributed by atoms with Gasteiger partial charge in [0.15, 0.2) is 0 Å². The molecule has 11 heteroatoms. The van der Waals surface area contributed by atoms with Crippen molar-refractivity contribution < 1.29 is 28.0 Å². The van der Waals surface area contributed by atoms with Crippen molar-refractivity contribution in [3.05, 3.63) is 107 Å². The SMILES string of the molecule is CCNC(=O)[C@@H](NC(=O)[C@H](C)NC[C@H](Cc1ccccc1)NC(=O)c1cccc(C(=O)NCCc2c(F)cccc2F)c1)C(C)C. The third-order valence-electron chi connectivity index (χ3n) is 7.43. The van der Waals surface area contributed by atoms with E-state index in [9.17, 15) is 28.0 Å². The van der Waals surface area contributed by atoms with Gasteiger partial charge in [0, 0.05) is 42.4 Å². The van der Waals surface area contributed by atoms with Crippen molar-refractivity contribution in [1.82, 2.24) is 26.6 Å². The maximum Gasteiger partial charge on any atom is 0.251 e. The molecule has 0 bridgehead atoms. The summed E-state index contributed by atoms with van der Waals surface area (Å²) in [5.74, 6) is -2.96. The molecule has 5 N–H and O–H groups in total. The molecule has 0 aromatic heterocycles. The first-order chi connectivity index (χ1) is 22.0. The van der Waals surface area contributed by atoms with Gasteiger partial charge in [-0.15, -0.1) is 0 Å². The van der Waals surface area contributed by atoms with E-state index in [4.69, 9.17) is 0 Å². The molecule has 0 heterocycles. The number of amides is 4. The fourth-order valence-corrected chi connectivity index (χ4v) is 4.83. The summed E-state index contributed by atoms with van der Waals surface area (Å²) in [4.78, 5) is 51.5. The topological polar surface area (TPSA) is 128 Å². The lowest BCUT2D eigenvalue weighted by Crippen LogP contribution is -2.55. The normalized spacial score (nSPS) is 12.9. The molecule has 3 rings (SSSR count). The van der Waals surface area contributed by atoms with Crippen molar-refractivity contribution in [2.24, 2.45) is 5.92 Å². The first-order valence-electron chi connectivity index (χ1n) is 15.5. The Morgan fingerprint density at radius 1 is 0.739 bits per heavy atom. The van der Waals surface area contributed by atoms with Crippen molar-refractivity contribution in [1.29, 1.82) is 0 Å². The van der Waals surface area contributed by atoms with Crippen molar-refractivity contribution in [3.63, 3.8) is 0 Å². The fourth-order valence-electron chi connectivity index (χ4n) is 4.83. The number of carbonyl (C=O) groups excluding carboxylic acids is 4. The maximum absolute atomic E-state index is 13.9. The molecule has 3 atom stereocenters. The number of likely N-dealkylation sites (N-methyl/N-ethyl adjacent to an activating group) is 1. The van der Waals surface area contributed by atoms with Crippen LogP contribution in [0.1, 0.15) is 59.5 Å². The van der Waals surface area contributed by atoms with Crippen LogP contribution in [0.3, 0.4) is 0 Å². The smallest absolute Gasteiger partial charge is 0.251 e. The molecule has 9 nitrogen and oxygen atoms in total. The fraction of sp³-hybridized carbons (Fsp3) is 0.371. The number of hydrogen-bond donors (Lipinski definition) is 5. The van der Waals surface area contributed by atoms with Gasteiger partial charge in [0.2, 0.25) is 11.8 Å². The van der Waals surface area contributed by atoms with Crippen LogP contribution in [0.25, 0.3) is 0 Å². The molecule has 0 unspecified atom stereocenters. The molecule has 0 fully saturated rings. The van der Waals surface area contributed by atoms with Gasteiger partial charge in [0.25, 0.3) is 11.8 Å². The molecule has 3 aromatic carbocycles. The molecule has 0 aliphatic rings. The number of hydrogen-bond acceptors (Lipinski definition) is 5. The number of nitrogens with one attached hydrogen (secondary N) is 5. The lowest BCUT2D eigenvalue weighted by Gasteiger charge is -2.25. The monoisotopic (exact) mass is 635 g/mol. The van der Waals surface area contributed by atoms with Crippen LogP contribution < -0.4 is 26.6 Å². The van der Waals surface area contributed by atoms with Crippen LogP contribution in [0.15, 0.2) is 72.8 Å². The Balaban J connectivity index is 1.64. The second kappa shape index (κ2) is 17.7. The Kier molecular flexibility index (Phi) is 13.8. The molecular weight excluding hydrogens is 592 g/mol. The molecule has 0 saturated heterocycles. The van der Waals surface area contributed by atoms with Gasteiger partial charge in [-0.1, -0.05) is 56.3 Å². The first-order valence-corrected chi connectivity index (χ1v) is 15.5. The molecule has 3 aromatic rings. The summed E-state index contributed by atoms with van der Waals surface area (Å²) in [6, 6.07) is 17.6. The van der Waals surface area contributed by atoms with E-state index in [-0.39, 0.29) is 53.9 Å². The maximum atomic E-state index is 13.9. The van der Waals surface area contributed by atoms with Crippen molar-refractivity contribution in [3.8, 4) is 0 Å². The summed E-state index contributed by atoms with van der Waals surface area (Å²) in [6.07, 6.45) is 0.438. The van der Waals surface area contributed by atoms with Crippen LogP contribution in [0, 0.1) is 17.6 Å². The lowest BCUT2D eigenvalue weighted by molar-refractivity contribution is -0.130. The second-order valence-electron chi connectivity index (χ2n) is 11.4. The summed E-state index contributed by atoms with van der Waals surface area (Å²) in [5, 5.41) is 14.4. The molecule has 0 saturated carbocycles. The van der Waals surface area contributed by atoms with Gasteiger partial charge in [0.1, 0.15) is 17.7 Å². The number of rotatable bonds is 16. The largest absolute Gasteiger partial charge is 0.355 e. The number of benzene rings is 3. The van der Waals surface area contributed by atoms with E-state index < -0.39 is 41.6 Å². The zero-order chi connectivity index (χ0) is 33.6. The van der Waals surface area contributed by atoms with Crippen LogP contribution in [-0.4, -0.2) is 61.4 Å². The quantitative estimate of drug-likeness (QED) is 0.165. The van der Waals surface area contributed by atoms with Crippen molar-refractivity contribution in [2.75, 3.05) is 19.6 Å². The van der Waals surface area contributed by atoms with Crippen LogP contribution in [0.5, 0.6) is 0 Å². The molecule has 0 radical (unpaired) electrons. The van der Waals surface area contributed by atoms with Crippen molar-refractivity contribution in [2.45, 2.75) is 58.7 Å². The van der Waals surface area contributed by atoms with Crippen LogP contribution in [0.2, 0.25) is 0 Å². The predicted molar refractivity (Wildman–Crippen MR) is 173 cm³/mol. The van der Waals surface area contributed by atoms with E-state index in [0.29, 0.717) is 13.0 Å². The average Bonchev–Trinajstić information content (AvgIpc) is 3.03. The lowest BCUT2D eigenvalue weighted by atomic mass is 10.0. The Bertz CT molecular complexity index is 1460. The van der Waals surface area contributed by atoms with Crippen LogP contribution >= 0.6 is 0 Å². The summed E-state index contributed by atoms with van der Waals surface area (Å²) in [6.45, 7) is 7.92. The van der Waals surface area contributed by atoms with E-state index in [0.717, 1.165) is 17.7 Å². The standard InChI is InChI=1S/C35H43F2N5O4/c1-5-38-35(46)31(22(2)3)42-32(43)23(4)40-21-27(19-24-11-7-6-8-12-24)41-34(45)26-14-9-13-25(20-26)33(44)39-18-17-28-29(36)15-10-16-30(28)37/h6-16,20,22-23,27,31,40H,5,17-19,21H2,1-4H3,(H,38,46)(H,39,44)(H,41,45)(H,42,43)/t23-,27-,31-/m0/s1. The zero-order valence-corrected chi connectivity index (χ0v) is 26.7. The molecule has 46 heavy (non-hydrogen) atoms.